The normalized spacial score (nSPS) is 15.8. The molecular weight excluding hydrogens is 486 g/mol. The molecule has 10 nitrogen and oxygen atoms in total. The Bertz CT molecular complexity index is 1030. The summed E-state index contributed by atoms with van der Waals surface area (Å²) in [6, 6.07) is 8.93. The van der Waals surface area contributed by atoms with Gasteiger partial charge in [0.05, 0.1) is 12.9 Å². The Balaban J connectivity index is 1.24. The molecule has 1 aromatic carbocycles. The number of unbranched alkanes of at least 4 members (excludes halogenated alkanes) is 7. The molecule has 2 aromatic rings. The number of anilines is 1. The maximum absolute atomic E-state index is 12.6. The molecule has 0 spiro atoms. The van der Waals surface area contributed by atoms with Crippen LogP contribution in [0.15, 0.2) is 36.7 Å². The molecule has 208 valence electrons. The predicted molar refractivity (Wildman–Crippen MR) is 144 cm³/mol. The van der Waals surface area contributed by atoms with Gasteiger partial charge in [-0.3, -0.25) is 14.5 Å². The summed E-state index contributed by atoms with van der Waals surface area (Å²) in [7, 11) is 1.72. The topological polar surface area (TPSA) is 128 Å². The van der Waals surface area contributed by atoms with Crippen LogP contribution in [-0.4, -0.2) is 70.4 Å². The number of H-pyrrole nitrogens is 1. The Kier molecular flexibility index (Phi) is 11.6. The van der Waals surface area contributed by atoms with Crippen LogP contribution in [0.5, 0.6) is 0 Å². The number of rotatable bonds is 16. The summed E-state index contributed by atoms with van der Waals surface area (Å²) in [4.78, 5) is 47.3. The second-order valence-electron chi connectivity index (χ2n) is 9.70. The summed E-state index contributed by atoms with van der Waals surface area (Å²) in [6.45, 7) is 2.53. The number of carbonyl (C=O) groups is 3. The number of aliphatic hydroxyl groups excluding tert-OH is 1. The van der Waals surface area contributed by atoms with Crippen molar-refractivity contribution in [2.45, 2.75) is 83.5 Å². The maximum Gasteiger partial charge on any atom is 0.328 e. The monoisotopic (exact) mass is 527 g/mol. The minimum absolute atomic E-state index is 0.124. The van der Waals surface area contributed by atoms with E-state index in [4.69, 9.17) is 4.74 Å². The largest absolute Gasteiger partial charge is 0.464 e. The van der Waals surface area contributed by atoms with Crippen LogP contribution in [0.25, 0.3) is 0 Å². The van der Waals surface area contributed by atoms with Crippen molar-refractivity contribution in [3.63, 3.8) is 0 Å². The van der Waals surface area contributed by atoms with Gasteiger partial charge in [0.15, 0.2) is 5.82 Å². The SMILES string of the molecule is CCOC(=O)C(Cc1ccccc1)NC(=O)CCCCCCCCCCN1C(=O)c2[nH]cnc2N(C)C1O. The molecule has 3 rings (SSSR count). The highest BCUT2D eigenvalue weighted by Crippen LogP contribution is 2.26. The first kappa shape index (κ1) is 29.2. The average molecular weight is 528 g/mol. The van der Waals surface area contributed by atoms with E-state index >= 15 is 0 Å². The molecule has 0 saturated heterocycles. The van der Waals surface area contributed by atoms with Crippen molar-refractivity contribution in [1.82, 2.24) is 20.2 Å². The molecule has 0 fully saturated rings. The number of nitrogens with zero attached hydrogens (tertiary/aromatic N) is 3. The van der Waals surface area contributed by atoms with Gasteiger partial charge in [-0.15, -0.1) is 0 Å². The highest BCUT2D eigenvalue weighted by molar-refractivity contribution is 5.99. The molecule has 1 aliphatic rings. The van der Waals surface area contributed by atoms with Crippen LogP contribution in [-0.2, 0) is 20.7 Å². The zero-order valence-corrected chi connectivity index (χ0v) is 22.5. The van der Waals surface area contributed by atoms with Crippen molar-refractivity contribution in [2.75, 3.05) is 25.1 Å². The maximum atomic E-state index is 12.6. The van der Waals surface area contributed by atoms with Crippen molar-refractivity contribution < 1.29 is 24.2 Å². The Morgan fingerprint density at radius 1 is 1.08 bits per heavy atom. The Labute approximate surface area is 224 Å². The molecule has 0 saturated carbocycles. The smallest absolute Gasteiger partial charge is 0.328 e. The van der Waals surface area contributed by atoms with Gasteiger partial charge >= 0.3 is 5.97 Å². The van der Waals surface area contributed by atoms with Crippen LogP contribution in [0.1, 0.15) is 80.8 Å². The number of nitrogens with one attached hydrogen (secondary N) is 2. The summed E-state index contributed by atoms with van der Waals surface area (Å²) < 4.78 is 5.14. The minimum atomic E-state index is -0.999. The summed E-state index contributed by atoms with van der Waals surface area (Å²) in [6.07, 6.45) is 9.12. The average Bonchev–Trinajstić information content (AvgIpc) is 3.41. The molecule has 2 unspecified atom stereocenters. The van der Waals surface area contributed by atoms with Crippen LogP contribution < -0.4 is 10.2 Å². The standard InChI is InChI=1S/C28H41N5O5/c1-3-38-27(36)22(19-21-15-11-10-12-16-21)31-23(34)17-13-8-6-4-5-7-9-14-18-33-26(35)24-25(30-20-29-24)32(2)28(33)37/h10-12,15-16,20,22,28,37H,3-9,13-14,17-19H2,1-2H3,(H,29,30)(H,31,34). The summed E-state index contributed by atoms with van der Waals surface area (Å²) in [5, 5.41) is 13.3. The van der Waals surface area contributed by atoms with Crippen LogP contribution in [0.2, 0.25) is 0 Å². The first-order valence-corrected chi connectivity index (χ1v) is 13.7. The zero-order chi connectivity index (χ0) is 27.3. The molecule has 0 bridgehead atoms. The zero-order valence-electron chi connectivity index (χ0n) is 22.5. The quantitative estimate of drug-likeness (QED) is 0.226. The fourth-order valence-corrected chi connectivity index (χ4v) is 4.68. The number of carbonyl (C=O) groups excluding carboxylic acids is 3. The van der Waals surface area contributed by atoms with E-state index in [0.717, 1.165) is 56.9 Å². The molecule has 38 heavy (non-hydrogen) atoms. The number of aromatic nitrogens is 2. The first-order valence-electron chi connectivity index (χ1n) is 13.7. The van der Waals surface area contributed by atoms with E-state index in [0.29, 0.717) is 30.9 Å². The number of benzene rings is 1. The Morgan fingerprint density at radius 2 is 1.74 bits per heavy atom. The number of imidazole rings is 1. The van der Waals surface area contributed by atoms with Gasteiger partial charge in [-0.05, 0) is 25.3 Å². The van der Waals surface area contributed by atoms with Crippen LogP contribution >= 0.6 is 0 Å². The molecule has 2 atom stereocenters. The molecule has 1 aliphatic heterocycles. The lowest BCUT2D eigenvalue weighted by molar-refractivity contribution is -0.147. The van der Waals surface area contributed by atoms with Crippen molar-refractivity contribution >= 4 is 23.6 Å². The summed E-state index contributed by atoms with van der Waals surface area (Å²) in [5.41, 5.74) is 1.39. The number of aromatic amines is 1. The number of esters is 1. The lowest BCUT2D eigenvalue weighted by Gasteiger charge is -2.38. The number of fused-ring (bicyclic) bond motifs is 1. The highest BCUT2D eigenvalue weighted by Gasteiger charge is 2.36. The molecule has 0 aliphatic carbocycles. The lowest BCUT2D eigenvalue weighted by Crippen LogP contribution is -2.54. The van der Waals surface area contributed by atoms with Crippen molar-refractivity contribution in [2.24, 2.45) is 0 Å². The van der Waals surface area contributed by atoms with Gasteiger partial charge in [0.25, 0.3) is 5.91 Å². The van der Waals surface area contributed by atoms with Crippen molar-refractivity contribution in [1.29, 1.82) is 0 Å². The molecule has 2 amide bonds. The lowest BCUT2D eigenvalue weighted by atomic mass is 10.0. The van der Waals surface area contributed by atoms with Gasteiger partial charge in [-0.2, -0.15) is 0 Å². The van der Waals surface area contributed by atoms with Crippen LogP contribution in [0, 0.1) is 0 Å². The van der Waals surface area contributed by atoms with Gasteiger partial charge < -0.3 is 25.0 Å². The third kappa shape index (κ3) is 8.31. The Hall–Kier alpha value is -3.40. The van der Waals surface area contributed by atoms with E-state index in [-0.39, 0.29) is 18.4 Å². The molecule has 3 N–H and O–H groups in total. The molecule has 2 heterocycles. The van der Waals surface area contributed by atoms with E-state index in [2.05, 4.69) is 15.3 Å². The molecule has 0 radical (unpaired) electrons. The predicted octanol–water partition coefficient (Wildman–Crippen LogP) is 3.38. The van der Waals surface area contributed by atoms with Crippen molar-refractivity contribution in [3.05, 3.63) is 47.9 Å². The van der Waals surface area contributed by atoms with Gasteiger partial charge in [-0.25, -0.2) is 9.78 Å². The second-order valence-corrected chi connectivity index (χ2v) is 9.70. The van der Waals surface area contributed by atoms with Crippen molar-refractivity contribution in [3.8, 4) is 0 Å². The summed E-state index contributed by atoms with van der Waals surface area (Å²) >= 11 is 0. The molecule has 1 aromatic heterocycles. The number of amides is 2. The Morgan fingerprint density at radius 3 is 2.42 bits per heavy atom. The van der Waals surface area contributed by atoms with E-state index in [1.807, 2.05) is 30.3 Å². The fourth-order valence-electron chi connectivity index (χ4n) is 4.68. The van der Waals surface area contributed by atoms with Gasteiger partial charge in [0.2, 0.25) is 12.3 Å². The molecule has 10 heteroatoms. The highest BCUT2D eigenvalue weighted by atomic mass is 16.5. The summed E-state index contributed by atoms with van der Waals surface area (Å²) in [5.74, 6) is -0.272. The van der Waals surface area contributed by atoms with Crippen LogP contribution in [0.4, 0.5) is 5.82 Å². The number of hydrogen-bond donors (Lipinski definition) is 3. The van der Waals surface area contributed by atoms with Crippen LogP contribution in [0.3, 0.4) is 0 Å². The molecular formula is C28H41N5O5. The third-order valence-electron chi connectivity index (χ3n) is 6.80. The third-order valence-corrected chi connectivity index (χ3v) is 6.80. The number of ether oxygens (including phenoxy) is 1. The van der Waals surface area contributed by atoms with E-state index in [9.17, 15) is 19.5 Å². The van der Waals surface area contributed by atoms with Gasteiger partial charge in [0, 0.05) is 26.4 Å². The number of hydrogen-bond acceptors (Lipinski definition) is 7. The van der Waals surface area contributed by atoms with E-state index in [1.165, 1.54) is 11.2 Å². The first-order chi connectivity index (χ1) is 18.4. The minimum Gasteiger partial charge on any atom is -0.464 e. The second kappa shape index (κ2) is 15.1. The van der Waals surface area contributed by atoms with E-state index in [1.54, 1.807) is 18.9 Å². The number of aliphatic hydroxyl groups is 1. The van der Waals surface area contributed by atoms with Gasteiger partial charge in [-0.1, -0.05) is 68.9 Å². The van der Waals surface area contributed by atoms with Gasteiger partial charge in [0.1, 0.15) is 11.7 Å². The fraction of sp³-hybridized carbons (Fsp3) is 0.571. The van der Waals surface area contributed by atoms with E-state index < -0.39 is 18.4 Å².